The zero-order valence-electron chi connectivity index (χ0n) is 8.43. The Kier molecular flexibility index (Phi) is 4.64. The maximum absolute atomic E-state index is 9.06. The van der Waals surface area contributed by atoms with Crippen LogP contribution in [0, 0.1) is 0 Å². The van der Waals surface area contributed by atoms with Crippen molar-refractivity contribution in [2.45, 2.75) is 12.1 Å². The maximum Gasteiger partial charge on any atom is 0.0884 e. The highest BCUT2D eigenvalue weighted by atomic mass is 16.3. The van der Waals surface area contributed by atoms with Gasteiger partial charge in [-0.2, -0.15) is 0 Å². The van der Waals surface area contributed by atoms with E-state index in [1.165, 1.54) is 0 Å². The lowest BCUT2D eigenvalue weighted by Crippen LogP contribution is -2.54. The number of rotatable bonds is 6. The summed E-state index contributed by atoms with van der Waals surface area (Å²) >= 11 is 0. The van der Waals surface area contributed by atoms with Gasteiger partial charge in [0.15, 0.2) is 0 Å². The Morgan fingerprint density at radius 2 is 1.87 bits per heavy atom. The molecule has 0 unspecified atom stereocenters. The largest absolute Gasteiger partial charge is 0.394 e. The van der Waals surface area contributed by atoms with Crippen LogP contribution in [0.3, 0.4) is 0 Å². The summed E-state index contributed by atoms with van der Waals surface area (Å²) < 4.78 is 0. The molecule has 84 valence electrons. The van der Waals surface area contributed by atoms with E-state index in [-0.39, 0.29) is 19.8 Å². The lowest BCUT2D eigenvalue weighted by atomic mass is 10.0. The van der Waals surface area contributed by atoms with Crippen molar-refractivity contribution >= 4 is 0 Å². The van der Waals surface area contributed by atoms with Gasteiger partial charge in [0.1, 0.15) is 0 Å². The number of pyridine rings is 1. The van der Waals surface area contributed by atoms with E-state index >= 15 is 0 Å². The van der Waals surface area contributed by atoms with Gasteiger partial charge in [0.25, 0.3) is 0 Å². The molecule has 0 aliphatic rings. The topological polar surface area (TPSA) is 85.6 Å². The molecule has 0 saturated heterocycles. The molecule has 0 amide bonds. The van der Waals surface area contributed by atoms with Crippen molar-refractivity contribution in [1.29, 1.82) is 0 Å². The molecule has 0 aliphatic carbocycles. The molecule has 0 atom stereocenters. The molecule has 0 aliphatic heterocycles. The van der Waals surface area contributed by atoms with Gasteiger partial charge in [-0.3, -0.25) is 4.98 Å². The first-order chi connectivity index (χ1) is 7.26. The van der Waals surface area contributed by atoms with Gasteiger partial charge >= 0.3 is 0 Å². The Morgan fingerprint density at radius 1 is 1.20 bits per heavy atom. The van der Waals surface area contributed by atoms with Crippen LogP contribution in [0.1, 0.15) is 5.56 Å². The number of aliphatic hydroxyl groups excluding tert-OH is 3. The molecule has 1 aromatic rings. The lowest BCUT2D eigenvalue weighted by Gasteiger charge is -2.28. The number of aromatic nitrogens is 1. The fourth-order valence-corrected chi connectivity index (χ4v) is 1.11. The van der Waals surface area contributed by atoms with E-state index in [0.29, 0.717) is 6.54 Å². The summed E-state index contributed by atoms with van der Waals surface area (Å²) in [4.78, 5) is 3.94. The molecule has 0 spiro atoms. The van der Waals surface area contributed by atoms with Crippen molar-refractivity contribution in [2.24, 2.45) is 0 Å². The first-order valence-corrected chi connectivity index (χ1v) is 4.73. The molecular formula is C10H16N2O3. The third-order valence-electron chi connectivity index (χ3n) is 2.30. The summed E-state index contributed by atoms with van der Waals surface area (Å²) in [5.41, 5.74) is -0.104. The average molecular weight is 212 g/mol. The van der Waals surface area contributed by atoms with Crippen molar-refractivity contribution < 1.29 is 15.3 Å². The predicted octanol–water partition coefficient (Wildman–Crippen LogP) is -1.11. The second-order valence-corrected chi connectivity index (χ2v) is 3.47. The van der Waals surface area contributed by atoms with Crippen LogP contribution >= 0.6 is 0 Å². The number of hydrogen-bond acceptors (Lipinski definition) is 5. The van der Waals surface area contributed by atoms with Crippen LogP contribution in [0.25, 0.3) is 0 Å². The fraction of sp³-hybridized carbons (Fsp3) is 0.500. The van der Waals surface area contributed by atoms with E-state index in [1.54, 1.807) is 18.5 Å². The van der Waals surface area contributed by atoms with E-state index in [1.807, 2.05) is 6.07 Å². The third-order valence-corrected chi connectivity index (χ3v) is 2.30. The van der Waals surface area contributed by atoms with Crippen molar-refractivity contribution in [3.05, 3.63) is 30.1 Å². The molecule has 0 radical (unpaired) electrons. The van der Waals surface area contributed by atoms with Crippen LogP contribution in [0.5, 0.6) is 0 Å². The maximum atomic E-state index is 9.06. The number of nitrogens with zero attached hydrogens (tertiary/aromatic N) is 1. The number of hydrogen-bond donors (Lipinski definition) is 4. The molecule has 15 heavy (non-hydrogen) atoms. The van der Waals surface area contributed by atoms with Crippen LogP contribution in [0.2, 0.25) is 0 Å². The van der Waals surface area contributed by atoms with Gasteiger partial charge in [0.05, 0.1) is 25.4 Å². The average Bonchev–Trinajstić information content (AvgIpc) is 2.33. The SMILES string of the molecule is OCC(CO)(CO)NCc1cccnc1. The molecule has 0 fully saturated rings. The minimum atomic E-state index is -1.03. The second kappa shape index (κ2) is 5.77. The molecule has 5 nitrogen and oxygen atoms in total. The first-order valence-electron chi connectivity index (χ1n) is 4.73. The third kappa shape index (κ3) is 3.24. The van der Waals surface area contributed by atoms with Gasteiger partial charge in [-0.15, -0.1) is 0 Å². The molecule has 1 heterocycles. The number of nitrogens with one attached hydrogen (secondary N) is 1. The molecular weight excluding hydrogens is 196 g/mol. The van der Waals surface area contributed by atoms with Crippen LogP contribution in [-0.4, -0.2) is 45.7 Å². The Morgan fingerprint density at radius 3 is 2.33 bits per heavy atom. The minimum absolute atomic E-state index is 0.319. The van der Waals surface area contributed by atoms with E-state index in [9.17, 15) is 0 Å². The summed E-state index contributed by atoms with van der Waals surface area (Å²) in [6.45, 7) is -0.518. The highest BCUT2D eigenvalue weighted by Gasteiger charge is 2.26. The lowest BCUT2D eigenvalue weighted by molar-refractivity contribution is 0.0413. The predicted molar refractivity (Wildman–Crippen MR) is 55.1 cm³/mol. The highest BCUT2D eigenvalue weighted by Crippen LogP contribution is 2.04. The normalized spacial score (nSPS) is 11.7. The van der Waals surface area contributed by atoms with Crippen molar-refractivity contribution in [1.82, 2.24) is 10.3 Å². The summed E-state index contributed by atoms with van der Waals surface area (Å²) in [7, 11) is 0. The minimum Gasteiger partial charge on any atom is -0.394 e. The van der Waals surface area contributed by atoms with Crippen molar-refractivity contribution in [3.63, 3.8) is 0 Å². The fourth-order valence-electron chi connectivity index (χ4n) is 1.11. The molecule has 0 bridgehead atoms. The van der Waals surface area contributed by atoms with E-state index < -0.39 is 5.54 Å². The zero-order valence-corrected chi connectivity index (χ0v) is 8.43. The van der Waals surface area contributed by atoms with Gasteiger partial charge in [0.2, 0.25) is 0 Å². The quantitative estimate of drug-likeness (QED) is 0.480. The van der Waals surface area contributed by atoms with Gasteiger partial charge in [-0.05, 0) is 11.6 Å². The summed E-state index contributed by atoms with van der Waals surface area (Å²) in [6.07, 6.45) is 3.35. The molecule has 1 aromatic heterocycles. The Bertz CT molecular complexity index is 267. The van der Waals surface area contributed by atoms with Crippen molar-refractivity contribution in [2.75, 3.05) is 19.8 Å². The Balaban J connectivity index is 2.54. The molecule has 0 aromatic carbocycles. The summed E-state index contributed by atoms with van der Waals surface area (Å²) in [5, 5.41) is 30.1. The van der Waals surface area contributed by atoms with Gasteiger partial charge in [0, 0.05) is 18.9 Å². The monoisotopic (exact) mass is 212 g/mol. The van der Waals surface area contributed by atoms with Crippen LogP contribution < -0.4 is 5.32 Å². The Hall–Kier alpha value is -1.01. The van der Waals surface area contributed by atoms with Gasteiger partial charge in [-0.25, -0.2) is 0 Å². The zero-order chi connectivity index (χ0) is 11.1. The number of aliphatic hydroxyl groups is 3. The molecule has 4 N–H and O–H groups in total. The summed E-state index contributed by atoms with van der Waals surface area (Å²) in [6, 6.07) is 3.67. The molecule has 0 saturated carbocycles. The van der Waals surface area contributed by atoms with Crippen molar-refractivity contribution in [3.8, 4) is 0 Å². The standard InChI is InChI=1S/C10H16N2O3/c13-6-10(7-14,8-15)12-5-9-2-1-3-11-4-9/h1-4,12-15H,5-8H2. The highest BCUT2D eigenvalue weighted by molar-refractivity contribution is 5.08. The van der Waals surface area contributed by atoms with E-state index in [4.69, 9.17) is 15.3 Å². The second-order valence-electron chi connectivity index (χ2n) is 3.47. The van der Waals surface area contributed by atoms with Gasteiger partial charge < -0.3 is 20.6 Å². The molecule has 5 heteroatoms. The first kappa shape index (κ1) is 12.1. The van der Waals surface area contributed by atoms with Gasteiger partial charge in [-0.1, -0.05) is 6.07 Å². The van der Waals surface area contributed by atoms with Crippen LogP contribution in [0.4, 0.5) is 0 Å². The molecule has 1 rings (SSSR count). The van der Waals surface area contributed by atoms with E-state index in [0.717, 1.165) is 5.56 Å². The summed E-state index contributed by atoms with van der Waals surface area (Å²) in [5.74, 6) is 0. The van der Waals surface area contributed by atoms with Crippen LogP contribution in [-0.2, 0) is 6.54 Å². The smallest absolute Gasteiger partial charge is 0.0884 e. The Labute approximate surface area is 88.4 Å². The van der Waals surface area contributed by atoms with E-state index in [2.05, 4.69) is 10.3 Å². The van der Waals surface area contributed by atoms with Crippen LogP contribution in [0.15, 0.2) is 24.5 Å².